The molecule has 0 spiro atoms. The van der Waals surface area contributed by atoms with E-state index in [1.165, 1.54) is 5.56 Å². The van der Waals surface area contributed by atoms with Gasteiger partial charge in [-0.05, 0) is 25.3 Å². The van der Waals surface area contributed by atoms with E-state index in [-0.39, 0.29) is 17.7 Å². The molecule has 0 unspecified atom stereocenters. The summed E-state index contributed by atoms with van der Waals surface area (Å²) in [5, 5.41) is 11.7. The van der Waals surface area contributed by atoms with E-state index in [9.17, 15) is 4.79 Å². The number of oxime groups is 1. The molecule has 108 valence electrons. The lowest BCUT2D eigenvalue weighted by Crippen LogP contribution is -2.42. The zero-order valence-corrected chi connectivity index (χ0v) is 11.7. The van der Waals surface area contributed by atoms with Crippen molar-refractivity contribution >= 4 is 11.7 Å². The van der Waals surface area contributed by atoms with Gasteiger partial charge >= 0.3 is 0 Å². The molecule has 1 aliphatic heterocycles. The lowest BCUT2D eigenvalue weighted by atomic mass is 9.95. The first-order valence-corrected chi connectivity index (χ1v) is 6.91. The molecular weight excluding hydrogens is 254 g/mol. The Morgan fingerprint density at radius 2 is 1.95 bits per heavy atom. The van der Waals surface area contributed by atoms with E-state index in [2.05, 4.69) is 5.16 Å². The van der Waals surface area contributed by atoms with Crippen LogP contribution in [0.4, 0.5) is 0 Å². The summed E-state index contributed by atoms with van der Waals surface area (Å²) in [6.07, 6.45) is 1.96. The maximum Gasteiger partial charge on any atom is 0.226 e. The van der Waals surface area contributed by atoms with Crippen molar-refractivity contribution in [2.24, 2.45) is 16.8 Å². The van der Waals surface area contributed by atoms with Gasteiger partial charge in [-0.3, -0.25) is 4.79 Å². The number of carbonyl (C=O) groups is 1. The zero-order chi connectivity index (χ0) is 14.5. The standard InChI is InChI=1S/C15H21N3O2/c1-11-2-4-12(5-3-11)10-14(19)18-8-6-13(7-9-18)15(16)17-20/h2-5,13,20H,6-10H2,1H3,(H2,16,17). The van der Waals surface area contributed by atoms with Gasteiger partial charge in [0.1, 0.15) is 5.84 Å². The molecule has 1 aromatic rings. The van der Waals surface area contributed by atoms with E-state index in [1.54, 1.807) is 0 Å². The van der Waals surface area contributed by atoms with Crippen LogP contribution in [-0.2, 0) is 11.2 Å². The zero-order valence-electron chi connectivity index (χ0n) is 11.7. The van der Waals surface area contributed by atoms with Gasteiger partial charge in [0.05, 0.1) is 6.42 Å². The van der Waals surface area contributed by atoms with E-state index in [1.807, 2.05) is 36.1 Å². The number of likely N-dealkylation sites (tertiary alicyclic amines) is 1. The van der Waals surface area contributed by atoms with E-state index in [4.69, 9.17) is 10.9 Å². The molecular formula is C15H21N3O2. The highest BCUT2D eigenvalue weighted by Gasteiger charge is 2.25. The van der Waals surface area contributed by atoms with Crippen LogP contribution in [0.1, 0.15) is 24.0 Å². The van der Waals surface area contributed by atoms with Gasteiger partial charge < -0.3 is 15.8 Å². The Labute approximate surface area is 119 Å². The summed E-state index contributed by atoms with van der Waals surface area (Å²) in [6, 6.07) is 8.04. The molecule has 1 saturated heterocycles. The summed E-state index contributed by atoms with van der Waals surface area (Å²) >= 11 is 0. The average Bonchev–Trinajstić information content (AvgIpc) is 2.49. The predicted molar refractivity (Wildman–Crippen MR) is 77.6 cm³/mol. The molecule has 1 aliphatic rings. The van der Waals surface area contributed by atoms with Gasteiger partial charge in [-0.25, -0.2) is 0 Å². The first-order chi connectivity index (χ1) is 9.60. The fraction of sp³-hybridized carbons (Fsp3) is 0.467. The van der Waals surface area contributed by atoms with Crippen LogP contribution in [0.15, 0.2) is 29.4 Å². The van der Waals surface area contributed by atoms with Crippen LogP contribution in [0.3, 0.4) is 0 Å². The fourth-order valence-corrected chi connectivity index (χ4v) is 2.50. The molecule has 0 saturated carbocycles. The number of nitrogens with two attached hydrogens (primary N) is 1. The Bertz CT molecular complexity index is 488. The first-order valence-electron chi connectivity index (χ1n) is 6.91. The second-order valence-electron chi connectivity index (χ2n) is 5.34. The maximum atomic E-state index is 12.2. The van der Waals surface area contributed by atoms with Gasteiger partial charge in [0.15, 0.2) is 0 Å². The SMILES string of the molecule is Cc1ccc(CC(=O)N2CCC(C(N)=NO)CC2)cc1. The number of carbonyl (C=O) groups excluding carboxylic acids is 1. The molecule has 1 heterocycles. The second-order valence-corrected chi connectivity index (χ2v) is 5.34. The van der Waals surface area contributed by atoms with Crippen molar-refractivity contribution in [1.29, 1.82) is 0 Å². The topological polar surface area (TPSA) is 78.9 Å². The predicted octanol–water partition coefficient (Wildman–Crippen LogP) is 1.52. The summed E-state index contributed by atoms with van der Waals surface area (Å²) in [5.74, 6) is 0.505. The molecule has 5 nitrogen and oxygen atoms in total. The largest absolute Gasteiger partial charge is 0.409 e. The number of amides is 1. The third kappa shape index (κ3) is 3.50. The maximum absolute atomic E-state index is 12.2. The fourth-order valence-electron chi connectivity index (χ4n) is 2.50. The normalized spacial score (nSPS) is 17.2. The van der Waals surface area contributed by atoms with E-state index >= 15 is 0 Å². The Morgan fingerprint density at radius 1 is 1.35 bits per heavy atom. The Balaban J connectivity index is 1.87. The molecule has 1 aromatic carbocycles. The van der Waals surface area contributed by atoms with Gasteiger partial charge in [-0.2, -0.15) is 0 Å². The summed E-state index contributed by atoms with van der Waals surface area (Å²) in [7, 11) is 0. The lowest BCUT2D eigenvalue weighted by Gasteiger charge is -2.31. The molecule has 2 rings (SSSR count). The third-order valence-corrected chi connectivity index (χ3v) is 3.86. The molecule has 1 fully saturated rings. The van der Waals surface area contributed by atoms with E-state index in [0.29, 0.717) is 19.5 Å². The quantitative estimate of drug-likeness (QED) is 0.380. The molecule has 1 amide bonds. The van der Waals surface area contributed by atoms with Gasteiger partial charge in [0.25, 0.3) is 0 Å². The monoisotopic (exact) mass is 275 g/mol. The molecule has 0 radical (unpaired) electrons. The molecule has 0 aromatic heterocycles. The number of nitrogens with zero attached hydrogens (tertiary/aromatic N) is 2. The highest BCUT2D eigenvalue weighted by atomic mass is 16.4. The Morgan fingerprint density at radius 3 is 2.50 bits per heavy atom. The van der Waals surface area contributed by atoms with Crippen molar-refractivity contribution in [2.75, 3.05) is 13.1 Å². The van der Waals surface area contributed by atoms with Crippen molar-refractivity contribution in [3.05, 3.63) is 35.4 Å². The van der Waals surface area contributed by atoms with Crippen LogP contribution in [0.25, 0.3) is 0 Å². The number of piperidine rings is 1. The van der Waals surface area contributed by atoms with Gasteiger partial charge in [-0.15, -0.1) is 0 Å². The summed E-state index contributed by atoms with van der Waals surface area (Å²) < 4.78 is 0. The molecule has 3 N–H and O–H groups in total. The average molecular weight is 275 g/mol. The third-order valence-electron chi connectivity index (χ3n) is 3.86. The first kappa shape index (κ1) is 14.4. The molecule has 0 atom stereocenters. The van der Waals surface area contributed by atoms with Crippen molar-refractivity contribution in [1.82, 2.24) is 4.90 Å². The van der Waals surface area contributed by atoms with Crippen LogP contribution in [-0.4, -0.2) is 34.9 Å². The van der Waals surface area contributed by atoms with E-state index < -0.39 is 0 Å². The van der Waals surface area contributed by atoms with Crippen molar-refractivity contribution in [3.63, 3.8) is 0 Å². The van der Waals surface area contributed by atoms with Crippen molar-refractivity contribution in [3.8, 4) is 0 Å². The lowest BCUT2D eigenvalue weighted by molar-refractivity contribution is -0.131. The van der Waals surface area contributed by atoms with Gasteiger partial charge in [0, 0.05) is 19.0 Å². The molecule has 20 heavy (non-hydrogen) atoms. The van der Waals surface area contributed by atoms with Crippen LogP contribution in [0.2, 0.25) is 0 Å². The molecule has 5 heteroatoms. The molecule has 0 aliphatic carbocycles. The highest BCUT2D eigenvalue weighted by molar-refractivity contribution is 5.83. The Kier molecular flexibility index (Phi) is 4.61. The number of rotatable bonds is 3. The number of amidine groups is 1. The second kappa shape index (κ2) is 6.41. The van der Waals surface area contributed by atoms with Gasteiger partial charge in [-0.1, -0.05) is 35.0 Å². The minimum absolute atomic E-state index is 0.0865. The van der Waals surface area contributed by atoms with Crippen LogP contribution < -0.4 is 5.73 Å². The highest BCUT2D eigenvalue weighted by Crippen LogP contribution is 2.18. The van der Waals surface area contributed by atoms with E-state index in [0.717, 1.165) is 18.4 Å². The molecule has 0 bridgehead atoms. The number of benzene rings is 1. The van der Waals surface area contributed by atoms with Crippen molar-refractivity contribution in [2.45, 2.75) is 26.2 Å². The van der Waals surface area contributed by atoms with Crippen LogP contribution >= 0.6 is 0 Å². The van der Waals surface area contributed by atoms with Gasteiger partial charge in [0.2, 0.25) is 5.91 Å². The van der Waals surface area contributed by atoms with Crippen molar-refractivity contribution < 1.29 is 10.0 Å². The minimum Gasteiger partial charge on any atom is -0.409 e. The number of hydrogen-bond acceptors (Lipinski definition) is 3. The minimum atomic E-state index is 0.0865. The number of aryl methyl sites for hydroxylation is 1. The summed E-state index contributed by atoms with van der Waals surface area (Å²) in [4.78, 5) is 14.1. The summed E-state index contributed by atoms with van der Waals surface area (Å²) in [5.41, 5.74) is 7.84. The Hall–Kier alpha value is -2.04. The van der Waals surface area contributed by atoms with Crippen LogP contribution in [0, 0.1) is 12.8 Å². The smallest absolute Gasteiger partial charge is 0.226 e. The van der Waals surface area contributed by atoms with Crippen LogP contribution in [0.5, 0.6) is 0 Å². The summed E-state index contributed by atoms with van der Waals surface area (Å²) in [6.45, 7) is 3.38. The number of hydrogen-bond donors (Lipinski definition) is 2.